The normalized spacial score (nSPS) is 34.6. The summed E-state index contributed by atoms with van der Waals surface area (Å²) in [5.74, 6) is 3.21. The van der Waals surface area contributed by atoms with E-state index in [1.54, 1.807) is 25.3 Å². The molecule has 31 heavy (non-hydrogen) atoms. The summed E-state index contributed by atoms with van der Waals surface area (Å²) in [5.41, 5.74) is 0.567. The molecule has 1 saturated heterocycles. The molecule has 1 atom stereocenters. The van der Waals surface area contributed by atoms with Crippen molar-refractivity contribution >= 4 is 34.4 Å². The van der Waals surface area contributed by atoms with Gasteiger partial charge in [-0.2, -0.15) is 0 Å². The minimum Gasteiger partial charge on any atom is -0.497 e. The highest BCUT2D eigenvalue weighted by Gasteiger charge is 2.51. The number of anilines is 1. The van der Waals surface area contributed by atoms with Crippen molar-refractivity contribution < 1.29 is 19.1 Å². The van der Waals surface area contributed by atoms with Gasteiger partial charge in [0.2, 0.25) is 11.8 Å². The third-order valence-electron chi connectivity index (χ3n) is 7.17. The largest absolute Gasteiger partial charge is 0.497 e. The smallest absolute Gasteiger partial charge is 0.240 e. The van der Waals surface area contributed by atoms with Crippen LogP contribution in [0, 0.1) is 17.8 Å². The number of rotatable bonds is 6. The molecular weight excluding hydrogens is 414 g/mol. The Morgan fingerprint density at radius 2 is 1.84 bits per heavy atom. The number of hydrogen-bond donors (Lipinski definition) is 2. The fourth-order valence-corrected chi connectivity index (χ4v) is 7.36. The molecule has 4 bridgehead atoms. The highest BCUT2D eigenvalue weighted by atomic mass is 32.2. The van der Waals surface area contributed by atoms with E-state index in [-0.39, 0.29) is 23.8 Å². The molecular formula is C23H29N3O4S. The van der Waals surface area contributed by atoms with Crippen molar-refractivity contribution in [2.45, 2.75) is 55.7 Å². The summed E-state index contributed by atoms with van der Waals surface area (Å²) >= 11 is 1.40. The quantitative estimate of drug-likeness (QED) is 0.701. The molecule has 2 amide bonds. The number of hydrogen-bond acceptors (Lipinski definition) is 6. The first-order valence-corrected chi connectivity index (χ1v) is 11.9. The number of ether oxygens (including phenoxy) is 2. The second kappa shape index (κ2) is 8.04. The number of carbonyl (C=O) groups is 2. The zero-order valence-corrected chi connectivity index (χ0v) is 18.8. The summed E-state index contributed by atoms with van der Waals surface area (Å²) in [6.45, 7) is 0. The molecule has 4 aliphatic carbocycles. The van der Waals surface area contributed by atoms with Crippen molar-refractivity contribution in [2.24, 2.45) is 22.7 Å². The van der Waals surface area contributed by atoms with Gasteiger partial charge in [-0.3, -0.25) is 14.6 Å². The predicted molar refractivity (Wildman–Crippen MR) is 121 cm³/mol. The molecule has 8 heteroatoms. The van der Waals surface area contributed by atoms with Crippen LogP contribution in [0.15, 0.2) is 23.2 Å². The first kappa shape index (κ1) is 20.7. The van der Waals surface area contributed by atoms with Crippen LogP contribution < -0.4 is 20.1 Å². The van der Waals surface area contributed by atoms with Crippen LogP contribution in [-0.2, 0) is 9.59 Å². The van der Waals surface area contributed by atoms with E-state index in [1.807, 2.05) is 0 Å². The molecule has 1 aliphatic heterocycles. The summed E-state index contributed by atoms with van der Waals surface area (Å²) in [4.78, 5) is 30.2. The molecule has 0 spiro atoms. The van der Waals surface area contributed by atoms with E-state index < -0.39 is 5.25 Å². The average molecular weight is 444 g/mol. The molecule has 4 saturated carbocycles. The maximum absolute atomic E-state index is 12.6. The minimum atomic E-state index is -0.461. The van der Waals surface area contributed by atoms with Gasteiger partial charge in [0.25, 0.3) is 0 Å². The zero-order chi connectivity index (χ0) is 21.6. The first-order chi connectivity index (χ1) is 14.9. The molecule has 0 aromatic heterocycles. The van der Waals surface area contributed by atoms with Crippen molar-refractivity contribution in [1.82, 2.24) is 5.32 Å². The molecule has 166 valence electrons. The van der Waals surface area contributed by atoms with E-state index >= 15 is 0 Å². The lowest BCUT2D eigenvalue weighted by molar-refractivity contribution is -0.122. The Morgan fingerprint density at radius 1 is 1.16 bits per heavy atom. The Labute approximate surface area is 186 Å². The van der Waals surface area contributed by atoms with Crippen LogP contribution in [0.3, 0.4) is 0 Å². The van der Waals surface area contributed by atoms with Crippen LogP contribution in [0.1, 0.15) is 44.9 Å². The van der Waals surface area contributed by atoms with E-state index in [1.165, 1.54) is 38.1 Å². The summed E-state index contributed by atoms with van der Waals surface area (Å²) < 4.78 is 10.5. The lowest BCUT2D eigenvalue weighted by Gasteiger charge is -2.55. The van der Waals surface area contributed by atoms with Gasteiger partial charge in [0.1, 0.15) is 16.7 Å². The summed E-state index contributed by atoms with van der Waals surface area (Å²) in [5, 5.41) is 6.03. The molecule has 1 heterocycles. The lowest BCUT2D eigenvalue weighted by Crippen LogP contribution is -2.50. The van der Waals surface area contributed by atoms with Gasteiger partial charge in [-0.1, -0.05) is 11.8 Å². The summed E-state index contributed by atoms with van der Waals surface area (Å²) in [7, 11) is 3.11. The molecule has 1 aromatic rings. The lowest BCUT2D eigenvalue weighted by atomic mass is 9.53. The second-order valence-electron chi connectivity index (χ2n) is 9.47. The van der Waals surface area contributed by atoms with Gasteiger partial charge in [0, 0.05) is 12.5 Å². The van der Waals surface area contributed by atoms with Crippen LogP contribution in [-0.4, -0.2) is 42.0 Å². The Hall–Kier alpha value is -2.22. The molecule has 5 aliphatic rings. The van der Waals surface area contributed by atoms with Crippen molar-refractivity contribution in [3.8, 4) is 11.5 Å². The number of amidine groups is 1. The van der Waals surface area contributed by atoms with Crippen molar-refractivity contribution in [2.75, 3.05) is 19.5 Å². The number of aliphatic imine (C=N–C) groups is 1. The SMILES string of the molecule is COc1ccc(NC(=O)CC2SC(=NC34CC5CC(CC(C5)C3)C4)NC2=O)c(OC)c1. The minimum absolute atomic E-state index is 0.0119. The molecule has 1 unspecified atom stereocenters. The predicted octanol–water partition coefficient (Wildman–Crippen LogP) is 3.59. The fourth-order valence-electron chi connectivity index (χ4n) is 6.28. The zero-order valence-electron chi connectivity index (χ0n) is 18.0. The monoisotopic (exact) mass is 443 g/mol. The number of nitrogens with zero attached hydrogens (tertiary/aromatic N) is 1. The molecule has 6 rings (SSSR count). The Morgan fingerprint density at radius 3 is 2.45 bits per heavy atom. The molecule has 5 fully saturated rings. The van der Waals surface area contributed by atoms with Crippen LogP contribution in [0.4, 0.5) is 5.69 Å². The number of nitrogens with one attached hydrogen (secondary N) is 2. The van der Waals surface area contributed by atoms with Gasteiger partial charge in [-0.05, 0) is 68.4 Å². The van der Waals surface area contributed by atoms with E-state index in [0.29, 0.717) is 22.4 Å². The molecule has 1 aromatic carbocycles. The number of amides is 2. The Bertz CT molecular complexity index is 896. The van der Waals surface area contributed by atoms with Crippen LogP contribution in [0.25, 0.3) is 0 Å². The maximum atomic E-state index is 12.6. The van der Waals surface area contributed by atoms with Crippen molar-refractivity contribution in [3.63, 3.8) is 0 Å². The van der Waals surface area contributed by atoms with Crippen molar-refractivity contribution in [3.05, 3.63) is 18.2 Å². The Balaban J connectivity index is 1.23. The number of thioether (sulfide) groups is 1. The fraction of sp³-hybridized carbons (Fsp3) is 0.609. The van der Waals surface area contributed by atoms with Crippen molar-refractivity contribution in [1.29, 1.82) is 0 Å². The van der Waals surface area contributed by atoms with E-state index in [0.717, 1.165) is 37.0 Å². The number of methoxy groups -OCH3 is 2. The number of benzene rings is 1. The highest BCUT2D eigenvalue weighted by molar-refractivity contribution is 8.15. The number of carbonyl (C=O) groups excluding carboxylic acids is 2. The van der Waals surface area contributed by atoms with Crippen LogP contribution in [0.2, 0.25) is 0 Å². The van der Waals surface area contributed by atoms with E-state index in [2.05, 4.69) is 10.6 Å². The third-order valence-corrected chi connectivity index (χ3v) is 8.26. The molecule has 0 radical (unpaired) electrons. The van der Waals surface area contributed by atoms with Gasteiger partial charge < -0.3 is 20.1 Å². The van der Waals surface area contributed by atoms with Crippen LogP contribution >= 0.6 is 11.8 Å². The van der Waals surface area contributed by atoms with Gasteiger partial charge >= 0.3 is 0 Å². The Kier molecular flexibility index (Phi) is 5.36. The standard InChI is InChI=1S/C23H29N3O4S/c1-29-16-3-4-17(18(8-16)30-2)24-20(27)9-19-21(28)25-22(31-19)26-23-10-13-5-14(11-23)7-15(6-13)12-23/h3-4,8,13-15,19H,5-7,9-12H2,1-2H3,(H,24,27)(H,25,26,28). The third kappa shape index (κ3) is 4.14. The van der Waals surface area contributed by atoms with Crippen LogP contribution in [0.5, 0.6) is 11.5 Å². The second-order valence-corrected chi connectivity index (χ2v) is 10.7. The molecule has 7 nitrogen and oxygen atoms in total. The van der Waals surface area contributed by atoms with Gasteiger partial charge in [-0.15, -0.1) is 0 Å². The molecule has 2 N–H and O–H groups in total. The summed E-state index contributed by atoms with van der Waals surface area (Å²) in [6, 6.07) is 5.20. The first-order valence-electron chi connectivity index (χ1n) is 11.0. The average Bonchev–Trinajstić information content (AvgIpc) is 3.04. The van der Waals surface area contributed by atoms with Gasteiger partial charge in [-0.25, -0.2) is 0 Å². The maximum Gasteiger partial charge on any atom is 0.240 e. The highest BCUT2D eigenvalue weighted by Crippen LogP contribution is 2.57. The van der Waals surface area contributed by atoms with E-state index in [9.17, 15) is 9.59 Å². The van der Waals surface area contributed by atoms with Gasteiger partial charge in [0.05, 0.1) is 25.4 Å². The van der Waals surface area contributed by atoms with E-state index in [4.69, 9.17) is 14.5 Å². The summed E-state index contributed by atoms with van der Waals surface area (Å²) in [6.07, 6.45) is 7.64. The topological polar surface area (TPSA) is 89.0 Å². The van der Waals surface area contributed by atoms with Gasteiger partial charge in [0.15, 0.2) is 5.17 Å².